The lowest BCUT2D eigenvalue weighted by Gasteiger charge is -2.44. The van der Waals surface area contributed by atoms with Crippen LogP contribution < -0.4 is 4.74 Å². The highest BCUT2D eigenvalue weighted by Crippen LogP contribution is 2.39. The smallest absolute Gasteiger partial charge is 0.263 e. The number of fused-ring (bicyclic) bond motifs is 1. The van der Waals surface area contributed by atoms with Gasteiger partial charge in [-0.3, -0.25) is 9.59 Å². The Hall–Kier alpha value is -2.04. The lowest BCUT2D eigenvalue weighted by atomic mass is 9.73. The number of likely N-dealkylation sites (N-methyl/N-ethyl adjacent to an activating group) is 1. The molecule has 5 heteroatoms. The molecule has 1 aromatic rings. The summed E-state index contributed by atoms with van der Waals surface area (Å²) in [5, 5.41) is 0. The first-order valence-electron chi connectivity index (χ1n) is 12.7. The van der Waals surface area contributed by atoms with E-state index in [2.05, 4.69) is 11.0 Å². The van der Waals surface area contributed by atoms with Crippen molar-refractivity contribution in [3.63, 3.8) is 0 Å². The fourth-order valence-electron chi connectivity index (χ4n) is 6.08. The van der Waals surface area contributed by atoms with Crippen LogP contribution in [0.1, 0.15) is 76.7 Å². The number of piperidine rings is 1. The van der Waals surface area contributed by atoms with Gasteiger partial charge in [0.25, 0.3) is 5.91 Å². The van der Waals surface area contributed by atoms with Gasteiger partial charge in [-0.25, -0.2) is 0 Å². The highest BCUT2D eigenvalue weighted by molar-refractivity contribution is 5.80. The van der Waals surface area contributed by atoms with Crippen LogP contribution in [-0.2, 0) is 16.0 Å². The summed E-state index contributed by atoms with van der Waals surface area (Å²) in [4.78, 5) is 29.9. The molecule has 2 amide bonds. The molecule has 1 atom stereocenters. The number of ether oxygens (including phenoxy) is 1. The van der Waals surface area contributed by atoms with E-state index in [4.69, 9.17) is 4.74 Å². The molecular weight excluding hydrogens is 400 g/mol. The molecular formula is C27H40N2O3. The van der Waals surface area contributed by atoms with Crippen molar-refractivity contribution in [3.05, 3.63) is 29.8 Å². The fourth-order valence-corrected chi connectivity index (χ4v) is 6.08. The highest BCUT2D eigenvalue weighted by Gasteiger charge is 2.38. The summed E-state index contributed by atoms with van der Waals surface area (Å²) in [6, 6.07) is 8.12. The van der Waals surface area contributed by atoms with Crippen LogP contribution >= 0.6 is 0 Å². The molecule has 32 heavy (non-hydrogen) atoms. The second kappa shape index (κ2) is 10.3. The van der Waals surface area contributed by atoms with Crippen molar-refractivity contribution < 1.29 is 14.3 Å². The zero-order valence-corrected chi connectivity index (χ0v) is 20.0. The van der Waals surface area contributed by atoms with Crippen molar-refractivity contribution >= 4 is 11.8 Å². The van der Waals surface area contributed by atoms with E-state index in [0.29, 0.717) is 11.8 Å². The SMILES string of the molecule is C[C@H]1Oc2ccccc2CCCCC2(CCN(C(=O)CC3CCCC3)CC2)CN(C)C1=O. The Balaban J connectivity index is 1.42. The Bertz CT molecular complexity index is 794. The number of nitrogens with zero attached hydrogens (tertiary/aromatic N) is 2. The number of aryl methyl sites for hydroxylation is 1. The minimum Gasteiger partial charge on any atom is -0.481 e. The van der Waals surface area contributed by atoms with Crippen LogP contribution in [0, 0.1) is 11.3 Å². The summed E-state index contributed by atoms with van der Waals surface area (Å²) in [6.45, 7) is 4.29. The maximum absolute atomic E-state index is 13.1. The topological polar surface area (TPSA) is 49.9 Å². The Morgan fingerprint density at radius 1 is 1.06 bits per heavy atom. The normalized spacial score (nSPS) is 25.1. The van der Waals surface area contributed by atoms with E-state index in [1.807, 2.05) is 37.1 Å². The number of carbonyl (C=O) groups is 2. The summed E-state index contributed by atoms with van der Waals surface area (Å²) in [6.07, 6.45) is 11.6. The molecule has 0 aromatic heterocycles. The zero-order chi connectivity index (χ0) is 22.6. The van der Waals surface area contributed by atoms with Crippen molar-refractivity contribution in [3.8, 4) is 5.75 Å². The maximum Gasteiger partial charge on any atom is 0.263 e. The predicted molar refractivity (Wildman–Crippen MR) is 127 cm³/mol. The largest absolute Gasteiger partial charge is 0.481 e. The first kappa shape index (κ1) is 23.1. The minimum absolute atomic E-state index is 0.0412. The fraction of sp³-hybridized carbons (Fsp3) is 0.704. The van der Waals surface area contributed by atoms with Crippen LogP contribution in [0.5, 0.6) is 5.75 Å². The van der Waals surface area contributed by atoms with E-state index in [9.17, 15) is 9.59 Å². The van der Waals surface area contributed by atoms with Gasteiger partial charge in [0, 0.05) is 33.1 Å². The van der Waals surface area contributed by atoms with Crippen molar-refractivity contribution in [1.29, 1.82) is 0 Å². The van der Waals surface area contributed by atoms with E-state index in [1.54, 1.807) is 0 Å². The third-order valence-electron chi connectivity index (χ3n) is 8.09. The number of hydrogen-bond donors (Lipinski definition) is 0. The third kappa shape index (κ3) is 5.47. The highest BCUT2D eigenvalue weighted by atomic mass is 16.5. The molecule has 0 N–H and O–H groups in total. The molecule has 0 radical (unpaired) electrons. The standard InChI is InChI=1S/C27H40N2O3/c1-21-26(31)28(2)20-27(14-8-7-12-23-11-5-6-13-24(23)32-21)15-17-29(18-16-27)25(30)19-22-9-3-4-10-22/h5-6,11,13,21-22H,3-4,7-10,12,14-20H2,1-2H3/t21-/m1/s1. The average Bonchev–Trinajstić information content (AvgIpc) is 3.30. The second-order valence-corrected chi connectivity index (χ2v) is 10.5. The second-order valence-electron chi connectivity index (χ2n) is 10.5. The first-order chi connectivity index (χ1) is 15.5. The number of benzene rings is 1. The Labute approximate surface area is 193 Å². The number of likely N-dealkylation sites (tertiary alicyclic amines) is 1. The minimum atomic E-state index is -0.495. The molecule has 1 spiro atoms. The molecule has 1 aliphatic carbocycles. The number of carbonyl (C=O) groups excluding carboxylic acids is 2. The van der Waals surface area contributed by atoms with Crippen molar-refractivity contribution in [2.24, 2.45) is 11.3 Å². The zero-order valence-electron chi connectivity index (χ0n) is 20.0. The summed E-state index contributed by atoms with van der Waals surface area (Å²) in [7, 11) is 1.92. The van der Waals surface area contributed by atoms with Crippen LogP contribution in [0.2, 0.25) is 0 Å². The molecule has 1 saturated carbocycles. The molecule has 0 unspecified atom stereocenters. The van der Waals surface area contributed by atoms with Crippen LogP contribution in [-0.4, -0.2) is 54.4 Å². The number of rotatable bonds is 2. The van der Waals surface area contributed by atoms with Gasteiger partial charge in [0.05, 0.1) is 0 Å². The predicted octanol–water partition coefficient (Wildman–Crippen LogP) is 4.83. The average molecular weight is 441 g/mol. The van der Waals surface area contributed by atoms with Crippen LogP contribution in [0.25, 0.3) is 0 Å². The quantitative estimate of drug-likeness (QED) is 0.662. The van der Waals surface area contributed by atoms with Gasteiger partial charge in [-0.15, -0.1) is 0 Å². The van der Waals surface area contributed by atoms with Gasteiger partial charge in [-0.2, -0.15) is 0 Å². The molecule has 1 saturated heterocycles. The first-order valence-corrected chi connectivity index (χ1v) is 12.7. The van der Waals surface area contributed by atoms with Gasteiger partial charge in [0.2, 0.25) is 5.91 Å². The molecule has 2 aliphatic heterocycles. The van der Waals surface area contributed by atoms with Gasteiger partial charge < -0.3 is 14.5 Å². The Kier molecular flexibility index (Phi) is 7.42. The lowest BCUT2D eigenvalue weighted by Crippen LogP contribution is -2.50. The van der Waals surface area contributed by atoms with E-state index in [1.165, 1.54) is 31.2 Å². The monoisotopic (exact) mass is 440 g/mol. The molecule has 176 valence electrons. The maximum atomic E-state index is 13.1. The summed E-state index contributed by atoms with van der Waals surface area (Å²) >= 11 is 0. The summed E-state index contributed by atoms with van der Waals surface area (Å²) in [5.74, 6) is 1.83. The molecule has 5 nitrogen and oxygen atoms in total. The lowest BCUT2D eigenvalue weighted by molar-refractivity contribution is -0.141. The van der Waals surface area contributed by atoms with Crippen molar-refractivity contribution in [2.75, 3.05) is 26.7 Å². The Morgan fingerprint density at radius 2 is 1.78 bits per heavy atom. The molecule has 4 rings (SSSR count). The van der Waals surface area contributed by atoms with Gasteiger partial charge >= 0.3 is 0 Å². The van der Waals surface area contributed by atoms with Crippen LogP contribution in [0.3, 0.4) is 0 Å². The van der Waals surface area contributed by atoms with Gasteiger partial charge in [-0.05, 0) is 74.8 Å². The number of hydrogen-bond acceptors (Lipinski definition) is 3. The Morgan fingerprint density at radius 3 is 2.53 bits per heavy atom. The molecule has 3 aliphatic rings. The van der Waals surface area contributed by atoms with Crippen LogP contribution in [0.4, 0.5) is 0 Å². The summed E-state index contributed by atoms with van der Waals surface area (Å²) in [5.41, 5.74) is 1.30. The van der Waals surface area contributed by atoms with E-state index in [0.717, 1.165) is 70.3 Å². The molecule has 2 fully saturated rings. The number of para-hydroxylation sites is 1. The molecule has 0 bridgehead atoms. The van der Waals surface area contributed by atoms with Gasteiger partial charge in [-0.1, -0.05) is 37.5 Å². The van der Waals surface area contributed by atoms with Crippen molar-refractivity contribution in [2.45, 2.75) is 83.7 Å². The van der Waals surface area contributed by atoms with Gasteiger partial charge in [0.1, 0.15) is 5.75 Å². The number of amides is 2. The van der Waals surface area contributed by atoms with Gasteiger partial charge in [0.15, 0.2) is 6.10 Å². The summed E-state index contributed by atoms with van der Waals surface area (Å²) < 4.78 is 6.09. The van der Waals surface area contributed by atoms with E-state index >= 15 is 0 Å². The van der Waals surface area contributed by atoms with Crippen molar-refractivity contribution in [1.82, 2.24) is 9.80 Å². The van der Waals surface area contributed by atoms with E-state index in [-0.39, 0.29) is 11.3 Å². The van der Waals surface area contributed by atoms with E-state index < -0.39 is 6.10 Å². The molecule has 1 aromatic carbocycles. The van der Waals surface area contributed by atoms with Crippen LogP contribution in [0.15, 0.2) is 24.3 Å². The molecule has 2 heterocycles. The third-order valence-corrected chi connectivity index (χ3v) is 8.09.